The fourth-order valence-electron chi connectivity index (χ4n) is 4.23. The van der Waals surface area contributed by atoms with Gasteiger partial charge in [-0.05, 0) is 36.5 Å². The van der Waals surface area contributed by atoms with Crippen LogP contribution in [0.5, 0.6) is 0 Å². The van der Waals surface area contributed by atoms with Gasteiger partial charge in [0.15, 0.2) is 0 Å². The lowest BCUT2D eigenvalue weighted by atomic mass is 10.0. The lowest BCUT2D eigenvalue weighted by Crippen LogP contribution is -2.52. The number of carbonyl (C=O) groups excluding carboxylic acids is 3. The van der Waals surface area contributed by atoms with E-state index in [1.807, 2.05) is 18.2 Å². The number of nitrogens with zero attached hydrogens (tertiary/aromatic N) is 1. The lowest BCUT2D eigenvalue weighted by molar-refractivity contribution is -0.136. The average molecular weight is 356 g/mol. The van der Waals surface area contributed by atoms with E-state index in [9.17, 15) is 14.4 Å². The molecule has 4 N–H and O–H groups in total. The number of imide groups is 1. The molecule has 26 heavy (non-hydrogen) atoms. The first-order chi connectivity index (χ1) is 12.5. The van der Waals surface area contributed by atoms with Gasteiger partial charge in [0, 0.05) is 37.2 Å². The number of rotatable bonds is 4. The molecule has 3 unspecified atom stereocenters. The van der Waals surface area contributed by atoms with Gasteiger partial charge in [-0.25, -0.2) is 0 Å². The molecule has 7 heteroatoms. The van der Waals surface area contributed by atoms with Gasteiger partial charge in [-0.3, -0.25) is 19.7 Å². The summed E-state index contributed by atoms with van der Waals surface area (Å²) in [5, 5.41) is 5.84. The molecule has 1 saturated carbocycles. The Morgan fingerprint density at radius 3 is 2.77 bits per heavy atom. The van der Waals surface area contributed by atoms with Gasteiger partial charge in [0.25, 0.3) is 5.91 Å². The number of piperidine rings is 1. The van der Waals surface area contributed by atoms with Crippen LogP contribution >= 0.6 is 0 Å². The molecule has 1 aromatic rings. The highest BCUT2D eigenvalue weighted by molar-refractivity contribution is 6.05. The number of hydrogen-bond acceptors (Lipinski definition) is 5. The molecule has 2 aliphatic heterocycles. The van der Waals surface area contributed by atoms with Crippen LogP contribution in [0.25, 0.3) is 0 Å². The van der Waals surface area contributed by atoms with Gasteiger partial charge < -0.3 is 16.0 Å². The molecule has 0 aromatic heterocycles. The summed E-state index contributed by atoms with van der Waals surface area (Å²) in [4.78, 5) is 37.7. The van der Waals surface area contributed by atoms with Crippen molar-refractivity contribution in [2.45, 2.75) is 63.3 Å². The van der Waals surface area contributed by atoms with Crippen molar-refractivity contribution in [2.24, 2.45) is 5.73 Å². The molecule has 138 valence electrons. The lowest BCUT2D eigenvalue weighted by Gasteiger charge is -2.29. The van der Waals surface area contributed by atoms with E-state index in [2.05, 4.69) is 10.6 Å². The largest absolute Gasteiger partial charge is 0.326 e. The zero-order valence-electron chi connectivity index (χ0n) is 14.7. The van der Waals surface area contributed by atoms with E-state index >= 15 is 0 Å². The van der Waals surface area contributed by atoms with E-state index in [1.54, 1.807) is 4.90 Å². The van der Waals surface area contributed by atoms with Gasteiger partial charge in [-0.1, -0.05) is 18.6 Å². The average Bonchev–Trinajstić information content (AvgIpc) is 3.16. The highest BCUT2D eigenvalue weighted by Gasteiger charge is 2.39. The van der Waals surface area contributed by atoms with Crippen molar-refractivity contribution in [3.63, 3.8) is 0 Å². The van der Waals surface area contributed by atoms with Crippen molar-refractivity contribution in [3.8, 4) is 0 Å². The summed E-state index contributed by atoms with van der Waals surface area (Å²) >= 11 is 0. The van der Waals surface area contributed by atoms with Gasteiger partial charge in [0.05, 0.1) is 0 Å². The van der Waals surface area contributed by atoms with Crippen LogP contribution in [0.1, 0.15) is 53.6 Å². The highest BCUT2D eigenvalue weighted by Crippen LogP contribution is 2.28. The summed E-state index contributed by atoms with van der Waals surface area (Å²) in [6, 6.07) is 5.84. The van der Waals surface area contributed by atoms with Crippen LogP contribution < -0.4 is 16.4 Å². The number of nitrogens with two attached hydrogens (primary N) is 1. The Balaban J connectivity index is 1.44. The van der Waals surface area contributed by atoms with Crippen LogP contribution in [0.2, 0.25) is 0 Å². The third kappa shape index (κ3) is 3.12. The second-order valence-electron chi connectivity index (χ2n) is 7.47. The number of fused-ring (bicyclic) bond motifs is 1. The Kier molecular flexibility index (Phi) is 4.50. The minimum Gasteiger partial charge on any atom is -0.326 e. The molecule has 2 fully saturated rings. The standard InChI is InChI=1S/C19H24N4O3/c20-14-2-1-3-15(14)21-9-11-4-5-13-12(8-11)10-23(19(13)26)16-6-7-17(24)22-18(16)25/h4-5,8,14-16,21H,1-3,6-7,9-10,20H2,(H,22,24,25). The van der Waals surface area contributed by atoms with Gasteiger partial charge in [-0.2, -0.15) is 0 Å². The summed E-state index contributed by atoms with van der Waals surface area (Å²) in [6.45, 7) is 1.13. The Morgan fingerprint density at radius 2 is 2.04 bits per heavy atom. The van der Waals surface area contributed by atoms with Gasteiger partial charge in [0.2, 0.25) is 11.8 Å². The first-order valence-electron chi connectivity index (χ1n) is 9.28. The third-order valence-electron chi connectivity index (χ3n) is 5.73. The zero-order chi connectivity index (χ0) is 18.3. The fourth-order valence-corrected chi connectivity index (χ4v) is 4.23. The molecule has 0 bridgehead atoms. The predicted octanol–water partition coefficient (Wildman–Crippen LogP) is 0.417. The smallest absolute Gasteiger partial charge is 0.255 e. The summed E-state index contributed by atoms with van der Waals surface area (Å²) in [5.41, 5.74) is 8.80. The second-order valence-corrected chi connectivity index (χ2v) is 7.47. The van der Waals surface area contributed by atoms with Crippen molar-refractivity contribution in [2.75, 3.05) is 0 Å². The molecular weight excluding hydrogens is 332 g/mol. The SMILES string of the molecule is NC1CCCC1NCc1ccc2c(c1)CN(C1CCC(=O)NC1=O)C2=O. The number of amides is 3. The maximum Gasteiger partial charge on any atom is 0.255 e. The van der Waals surface area contributed by atoms with Crippen molar-refractivity contribution < 1.29 is 14.4 Å². The summed E-state index contributed by atoms with van der Waals surface area (Å²) in [6.07, 6.45) is 4.00. The summed E-state index contributed by atoms with van der Waals surface area (Å²) in [5.74, 6) is -0.778. The molecular formula is C19H24N4O3. The number of hydrogen-bond donors (Lipinski definition) is 3. The molecule has 4 rings (SSSR count). The quantitative estimate of drug-likeness (QED) is 0.678. The van der Waals surface area contributed by atoms with E-state index in [4.69, 9.17) is 5.73 Å². The molecule has 3 aliphatic rings. The second kappa shape index (κ2) is 6.81. The molecule has 1 aliphatic carbocycles. The minimum absolute atomic E-state index is 0.133. The summed E-state index contributed by atoms with van der Waals surface area (Å²) < 4.78 is 0. The maximum atomic E-state index is 12.7. The Hall–Kier alpha value is -2.25. The van der Waals surface area contributed by atoms with Crippen molar-refractivity contribution in [3.05, 3.63) is 34.9 Å². The van der Waals surface area contributed by atoms with Crippen LogP contribution in [-0.2, 0) is 22.7 Å². The number of carbonyl (C=O) groups is 3. The minimum atomic E-state index is -0.564. The normalized spacial score (nSPS) is 28.4. The van der Waals surface area contributed by atoms with Crippen molar-refractivity contribution >= 4 is 17.7 Å². The first kappa shape index (κ1) is 17.2. The van der Waals surface area contributed by atoms with Crippen LogP contribution in [-0.4, -0.2) is 40.7 Å². The molecule has 1 saturated heterocycles. The fraction of sp³-hybridized carbons (Fsp3) is 0.526. The monoisotopic (exact) mass is 356 g/mol. The molecule has 2 heterocycles. The van der Waals surface area contributed by atoms with E-state index in [1.165, 1.54) is 6.42 Å². The maximum absolute atomic E-state index is 12.7. The molecule has 0 radical (unpaired) electrons. The number of benzene rings is 1. The summed E-state index contributed by atoms with van der Waals surface area (Å²) in [7, 11) is 0. The Bertz CT molecular complexity index is 763. The Morgan fingerprint density at radius 1 is 1.19 bits per heavy atom. The van der Waals surface area contributed by atoms with E-state index < -0.39 is 6.04 Å². The van der Waals surface area contributed by atoms with Crippen molar-refractivity contribution in [1.29, 1.82) is 0 Å². The molecule has 3 amide bonds. The van der Waals surface area contributed by atoms with Crippen molar-refractivity contribution in [1.82, 2.24) is 15.5 Å². The van der Waals surface area contributed by atoms with Gasteiger partial charge in [-0.15, -0.1) is 0 Å². The van der Waals surface area contributed by atoms with Crippen LogP contribution in [0.15, 0.2) is 18.2 Å². The zero-order valence-corrected chi connectivity index (χ0v) is 14.7. The molecule has 1 aromatic carbocycles. The van der Waals surface area contributed by atoms with Gasteiger partial charge >= 0.3 is 0 Å². The van der Waals surface area contributed by atoms with E-state index in [0.29, 0.717) is 24.6 Å². The molecule has 0 spiro atoms. The van der Waals surface area contributed by atoms with Gasteiger partial charge in [0.1, 0.15) is 6.04 Å². The van der Waals surface area contributed by atoms with Crippen LogP contribution in [0, 0.1) is 0 Å². The number of nitrogens with one attached hydrogen (secondary N) is 2. The molecule has 7 nitrogen and oxygen atoms in total. The Labute approximate surface area is 152 Å². The van der Waals surface area contributed by atoms with Crippen LogP contribution in [0.4, 0.5) is 0 Å². The topological polar surface area (TPSA) is 105 Å². The highest BCUT2D eigenvalue weighted by atomic mass is 16.2. The first-order valence-corrected chi connectivity index (χ1v) is 9.28. The van der Waals surface area contributed by atoms with E-state index in [-0.39, 0.29) is 30.2 Å². The third-order valence-corrected chi connectivity index (χ3v) is 5.73. The predicted molar refractivity (Wildman–Crippen MR) is 94.9 cm³/mol. The van der Waals surface area contributed by atoms with E-state index in [0.717, 1.165) is 30.5 Å². The molecule has 3 atom stereocenters. The van der Waals surface area contributed by atoms with Crippen LogP contribution in [0.3, 0.4) is 0 Å².